The average Bonchev–Trinajstić information content (AvgIpc) is 2.87. The Morgan fingerprint density at radius 1 is 1.40 bits per heavy atom. The molecule has 0 aliphatic carbocycles. The zero-order chi connectivity index (χ0) is 14.7. The summed E-state index contributed by atoms with van der Waals surface area (Å²) in [5.74, 6) is 0.537. The first-order chi connectivity index (χ1) is 9.56. The fourth-order valence-corrected chi connectivity index (χ4v) is 3.04. The van der Waals surface area contributed by atoms with Crippen LogP contribution in [0.5, 0.6) is 11.5 Å². The van der Waals surface area contributed by atoms with Gasteiger partial charge in [-0.1, -0.05) is 13.8 Å². The van der Waals surface area contributed by atoms with Gasteiger partial charge in [0, 0.05) is 6.04 Å². The van der Waals surface area contributed by atoms with Crippen molar-refractivity contribution < 1.29 is 19.4 Å². The molecule has 2 rings (SSSR count). The summed E-state index contributed by atoms with van der Waals surface area (Å²) in [6, 6.07) is 3.62. The van der Waals surface area contributed by atoms with Gasteiger partial charge in [0.25, 0.3) is 0 Å². The third kappa shape index (κ3) is 3.07. The number of hydrogen-bond donors (Lipinski definition) is 1. The van der Waals surface area contributed by atoms with Gasteiger partial charge in [0.05, 0.1) is 10.9 Å². The number of fused-ring (bicyclic) bond motifs is 1. The maximum atomic E-state index is 11.1. The Morgan fingerprint density at radius 2 is 2.10 bits per heavy atom. The minimum Gasteiger partial charge on any atom is -0.481 e. The van der Waals surface area contributed by atoms with Crippen LogP contribution in [0, 0.1) is 0 Å². The van der Waals surface area contributed by atoms with E-state index in [1.807, 2.05) is 26.0 Å². The van der Waals surface area contributed by atoms with Crippen LogP contribution in [0.4, 0.5) is 0 Å². The summed E-state index contributed by atoms with van der Waals surface area (Å²) < 4.78 is 11.6. The highest BCUT2D eigenvalue weighted by atomic mass is 79.9. The molecule has 0 radical (unpaired) electrons. The van der Waals surface area contributed by atoms with Crippen LogP contribution in [0.3, 0.4) is 0 Å². The lowest BCUT2D eigenvalue weighted by molar-refractivity contribution is -0.138. The van der Waals surface area contributed by atoms with Gasteiger partial charge in [0.2, 0.25) is 6.79 Å². The summed E-state index contributed by atoms with van der Waals surface area (Å²) in [5.41, 5.74) is 0.923. The van der Waals surface area contributed by atoms with Gasteiger partial charge in [-0.3, -0.25) is 9.69 Å². The summed E-state index contributed by atoms with van der Waals surface area (Å²) in [6.07, 6.45) is 0.0633. The third-order valence-corrected chi connectivity index (χ3v) is 4.04. The highest BCUT2D eigenvalue weighted by Crippen LogP contribution is 2.42. The molecule has 0 spiro atoms. The molecule has 110 valence electrons. The second kappa shape index (κ2) is 6.45. The van der Waals surface area contributed by atoms with E-state index < -0.39 is 5.97 Å². The molecule has 1 aliphatic heterocycles. The molecule has 1 aromatic rings. The van der Waals surface area contributed by atoms with Crippen LogP contribution < -0.4 is 9.47 Å². The summed E-state index contributed by atoms with van der Waals surface area (Å²) in [5, 5.41) is 9.15. The monoisotopic (exact) mass is 343 g/mol. The Kier molecular flexibility index (Phi) is 4.88. The van der Waals surface area contributed by atoms with Crippen LogP contribution in [-0.4, -0.2) is 35.9 Å². The Morgan fingerprint density at radius 3 is 2.70 bits per heavy atom. The second-order valence-corrected chi connectivity index (χ2v) is 5.43. The largest absolute Gasteiger partial charge is 0.481 e. The van der Waals surface area contributed by atoms with E-state index in [0.29, 0.717) is 11.5 Å². The molecule has 1 atom stereocenters. The normalized spacial score (nSPS) is 14.6. The fraction of sp³-hybridized carbons (Fsp3) is 0.500. The zero-order valence-electron chi connectivity index (χ0n) is 11.6. The number of nitrogens with zero attached hydrogens (tertiary/aromatic N) is 1. The highest BCUT2D eigenvalue weighted by molar-refractivity contribution is 9.10. The van der Waals surface area contributed by atoms with Gasteiger partial charge < -0.3 is 14.6 Å². The van der Waals surface area contributed by atoms with Gasteiger partial charge in [-0.15, -0.1) is 0 Å². The third-order valence-electron chi connectivity index (χ3n) is 3.46. The first-order valence-electron chi connectivity index (χ1n) is 6.61. The lowest BCUT2D eigenvalue weighted by Crippen LogP contribution is -2.30. The SMILES string of the molecule is CCN(CC)C(CC(=O)O)c1cc(Br)c2c(c1)OCO2. The molecule has 0 aromatic heterocycles. The summed E-state index contributed by atoms with van der Waals surface area (Å²) in [7, 11) is 0. The van der Waals surface area contributed by atoms with Crippen molar-refractivity contribution in [2.45, 2.75) is 26.3 Å². The summed E-state index contributed by atoms with van der Waals surface area (Å²) in [6.45, 7) is 5.84. The number of carbonyl (C=O) groups is 1. The first kappa shape index (κ1) is 15.1. The molecule has 0 saturated heterocycles. The van der Waals surface area contributed by atoms with Crippen molar-refractivity contribution in [2.75, 3.05) is 19.9 Å². The summed E-state index contributed by atoms with van der Waals surface area (Å²) in [4.78, 5) is 13.3. The van der Waals surface area contributed by atoms with Gasteiger partial charge in [-0.25, -0.2) is 0 Å². The minimum atomic E-state index is -0.810. The molecule has 1 N–H and O–H groups in total. The Hall–Kier alpha value is -1.27. The molecular formula is C14H18BrNO4. The second-order valence-electron chi connectivity index (χ2n) is 4.57. The molecule has 0 fully saturated rings. The number of rotatable bonds is 6. The van der Waals surface area contributed by atoms with Crippen molar-refractivity contribution in [1.29, 1.82) is 0 Å². The van der Waals surface area contributed by atoms with Crippen molar-refractivity contribution in [3.63, 3.8) is 0 Å². The van der Waals surface area contributed by atoms with Crippen LogP contribution in [-0.2, 0) is 4.79 Å². The minimum absolute atomic E-state index is 0.0633. The van der Waals surface area contributed by atoms with Gasteiger partial charge in [0.1, 0.15) is 0 Å². The van der Waals surface area contributed by atoms with E-state index in [2.05, 4.69) is 20.8 Å². The van der Waals surface area contributed by atoms with E-state index in [4.69, 9.17) is 14.6 Å². The van der Waals surface area contributed by atoms with E-state index in [1.54, 1.807) is 0 Å². The molecule has 20 heavy (non-hydrogen) atoms. The van der Waals surface area contributed by atoms with E-state index in [-0.39, 0.29) is 19.3 Å². The average molecular weight is 344 g/mol. The molecule has 1 unspecified atom stereocenters. The number of halogens is 1. The maximum absolute atomic E-state index is 11.1. The number of aliphatic carboxylic acids is 1. The van der Waals surface area contributed by atoms with Crippen molar-refractivity contribution in [3.8, 4) is 11.5 Å². The highest BCUT2D eigenvalue weighted by Gasteiger charge is 2.25. The Balaban J connectivity index is 2.38. The fourth-order valence-electron chi connectivity index (χ4n) is 2.47. The van der Waals surface area contributed by atoms with Crippen LogP contribution in [0.15, 0.2) is 16.6 Å². The van der Waals surface area contributed by atoms with Gasteiger partial charge >= 0.3 is 5.97 Å². The molecular weight excluding hydrogens is 326 g/mol. The summed E-state index contributed by atoms with van der Waals surface area (Å²) >= 11 is 3.45. The Bertz CT molecular complexity index is 502. The first-order valence-corrected chi connectivity index (χ1v) is 7.41. The number of ether oxygens (including phenoxy) is 2. The molecule has 1 aromatic carbocycles. The number of hydrogen-bond acceptors (Lipinski definition) is 4. The standard InChI is InChI=1S/C14H18BrNO4/c1-3-16(4-2)11(7-13(17)18)9-5-10(15)14-12(6-9)19-8-20-14/h5-6,11H,3-4,7-8H2,1-2H3,(H,17,18). The quantitative estimate of drug-likeness (QED) is 0.860. The van der Waals surface area contributed by atoms with Gasteiger partial charge in [-0.2, -0.15) is 0 Å². The van der Waals surface area contributed by atoms with Gasteiger partial charge in [-0.05, 0) is 46.7 Å². The van der Waals surface area contributed by atoms with Crippen LogP contribution in [0.1, 0.15) is 31.9 Å². The predicted molar refractivity (Wildman–Crippen MR) is 78.2 cm³/mol. The van der Waals surface area contributed by atoms with Crippen LogP contribution in [0.25, 0.3) is 0 Å². The van der Waals surface area contributed by atoms with Crippen molar-refractivity contribution in [1.82, 2.24) is 4.90 Å². The van der Waals surface area contributed by atoms with Crippen LogP contribution in [0.2, 0.25) is 0 Å². The lowest BCUT2D eigenvalue weighted by atomic mass is 10.0. The number of carboxylic acids is 1. The molecule has 1 aliphatic rings. The molecule has 0 saturated carbocycles. The molecule has 1 heterocycles. The van der Waals surface area contributed by atoms with Crippen LogP contribution >= 0.6 is 15.9 Å². The van der Waals surface area contributed by atoms with Crippen molar-refractivity contribution in [2.24, 2.45) is 0 Å². The van der Waals surface area contributed by atoms with E-state index >= 15 is 0 Å². The van der Waals surface area contributed by atoms with Gasteiger partial charge in [0.15, 0.2) is 11.5 Å². The topological polar surface area (TPSA) is 59.0 Å². The maximum Gasteiger partial charge on any atom is 0.305 e. The smallest absolute Gasteiger partial charge is 0.305 e. The van der Waals surface area contributed by atoms with Crippen molar-refractivity contribution in [3.05, 3.63) is 22.2 Å². The van der Waals surface area contributed by atoms with E-state index in [9.17, 15) is 4.79 Å². The predicted octanol–water partition coefficient (Wildman–Crippen LogP) is 3.04. The number of carboxylic acid groups (broad SMARTS) is 1. The zero-order valence-corrected chi connectivity index (χ0v) is 13.1. The molecule has 6 heteroatoms. The Labute approximate surface area is 126 Å². The molecule has 5 nitrogen and oxygen atoms in total. The van der Waals surface area contributed by atoms with E-state index in [1.165, 1.54) is 0 Å². The number of benzene rings is 1. The van der Waals surface area contributed by atoms with Crippen molar-refractivity contribution >= 4 is 21.9 Å². The molecule has 0 amide bonds. The van der Waals surface area contributed by atoms with E-state index in [0.717, 1.165) is 23.1 Å². The molecule has 0 bridgehead atoms. The lowest BCUT2D eigenvalue weighted by Gasteiger charge is -2.29.